The molecule has 162 valence electrons. The largest absolute Gasteiger partial charge is 0.352 e. The van der Waals surface area contributed by atoms with Crippen molar-refractivity contribution in [1.29, 1.82) is 0 Å². The first kappa shape index (κ1) is 22.0. The third-order valence-electron chi connectivity index (χ3n) is 5.35. The molecule has 3 rings (SSSR count). The van der Waals surface area contributed by atoms with Crippen LogP contribution in [0.4, 0.5) is 5.69 Å². The van der Waals surface area contributed by atoms with Crippen molar-refractivity contribution in [1.82, 2.24) is 24.7 Å². The van der Waals surface area contributed by atoms with Gasteiger partial charge < -0.3 is 25.0 Å². The Kier molecular flexibility index (Phi) is 8.41. The van der Waals surface area contributed by atoms with Crippen LogP contribution in [0.15, 0.2) is 43.0 Å². The minimum atomic E-state index is -0.107. The molecule has 0 radical (unpaired) electrons. The predicted octanol–water partition coefficient (Wildman–Crippen LogP) is 1.67. The van der Waals surface area contributed by atoms with Crippen molar-refractivity contribution < 1.29 is 9.59 Å². The molecule has 1 aromatic carbocycles. The fourth-order valence-corrected chi connectivity index (χ4v) is 3.45. The van der Waals surface area contributed by atoms with Gasteiger partial charge in [0.1, 0.15) is 0 Å². The van der Waals surface area contributed by atoms with E-state index in [1.165, 1.54) is 0 Å². The molecule has 2 heterocycles. The highest BCUT2D eigenvalue weighted by Crippen LogP contribution is 2.11. The molecule has 0 saturated carbocycles. The molecule has 0 spiro atoms. The summed E-state index contributed by atoms with van der Waals surface area (Å²) < 4.78 is 1.85. The molecule has 8 nitrogen and oxygen atoms in total. The summed E-state index contributed by atoms with van der Waals surface area (Å²) in [5, 5.41) is 5.83. The maximum Gasteiger partial charge on any atom is 0.251 e. The van der Waals surface area contributed by atoms with E-state index in [1.54, 1.807) is 36.8 Å². The van der Waals surface area contributed by atoms with Crippen LogP contribution in [0.2, 0.25) is 0 Å². The topological polar surface area (TPSA) is 82.5 Å². The van der Waals surface area contributed by atoms with Crippen LogP contribution in [-0.4, -0.2) is 77.5 Å². The molecule has 0 bridgehead atoms. The van der Waals surface area contributed by atoms with Gasteiger partial charge in [-0.3, -0.25) is 9.59 Å². The summed E-state index contributed by atoms with van der Waals surface area (Å²) in [7, 11) is 2.16. The van der Waals surface area contributed by atoms with Gasteiger partial charge in [0, 0.05) is 69.3 Å². The Morgan fingerprint density at radius 3 is 2.70 bits per heavy atom. The van der Waals surface area contributed by atoms with Crippen molar-refractivity contribution in [2.75, 3.05) is 51.6 Å². The van der Waals surface area contributed by atoms with E-state index in [0.717, 1.165) is 45.6 Å². The molecule has 0 unspecified atom stereocenters. The number of hydrogen-bond acceptors (Lipinski definition) is 5. The van der Waals surface area contributed by atoms with Gasteiger partial charge in [-0.05, 0) is 44.6 Å². The Labute approximate surface area is 178 Å². The predicted molar refractivity (Wildman–Crippen MR) is 117 cm³/mol. The van der Waals surface area contributed by atoms with Gasteiger partial charge in [-0.1, -0.05) is 6.07 Å². The molecule has 30 heavy (non-hydrogen) atoms. The van der Waals surface area contributed by atoms with Crippen LogP contribution < -0.4 is 10.6 Å². The SMILES string of the molecule is CN1CCN(CCCCNC(=O)c2cccc(NC(=O)CCn3ccnc3)c2)CC1. The Bertz CT molecular complexity index is 800. The zero-order valence-electron chi connectivity index (χ0n) is 17.7. The second-order valence-corrected chi connectivity index (χ2v) is 7.79. The van der Waals surface area contributed by atoms with Crippen molar-refractivity contribution in [3.8, 4) is 0 Å². The van der Waals surface area contributed by atoms with E-state index in [9.17, 15) is 9.59 Å². The lowest BCUT2D eigenvalue weighted by atomic mass is 10.1. The molecular formula is C22H32N6O2. The van der Waals surface area contributed by atoms with Gasteiger partial charge in [0.05, 0.1) is 6.33 Å². The van der Waals surface area contributed by atoms with Crippen LogP contribution in [0.25, 0.3) is 0 Å². The highest BCUT2D eigenvalue weighted by atomic mass is 16.2. The lowest BCUT2D eigenvalue weighted by Gasteiger charge is -2.32. The lowest BCUT2D eigenvalue weighted by Crippen LogP contribution is -2.44. The molecule has 1 aliphatic rings. The number of benzene rings is 1. The fraction of sp³-hybridized carbons (Fsp3) is 0.500. The van der Waals surface area contributed by atoms with Crippen LogP contribution in [-0.2, 0) is 11.3 Å². The standard InChI is InChI=1S/C22H32N6O2/c1-26-13-15-27(16-14-26)10-3-2-8-24-22(30)19-5-4-6-20(17-19)25-21(29)7-11-28-12-9-23-18-28/h4-6,9,12,17-18H,2-3,7-8,10-11,13-16H2,1H3,(H,24,30)(H,25,29). The number of unbranched alkanes of at least 4 members (excludes halogenated alkanes) is 1. The average molecular weight is 413 g/mol. The summed E-state index contributed by atoms with van der Waals surface area (Å²) in [6.45, 7) is 6.84. The van der Waals surface area contributed by atoms with E-state index in [-0.39, 0.29) is 11.8 Å². The van der Waals surface area contributed by atoms with Crippen molar-refractivity contribution in [2.45, 2.75) is 25.8 Å². The first-order valence-electron chi connectivity index (χ1n) is 10.6. The summed E-state index contributed by atoms with van der Waals surface area (Å²) in [5.41, 5.74) is 1.19. The summed E-state index contributed by atoms with van der Waals surface area (Å²) in [4.78, 5) is 33.3. The highest BCUT2D eigenvalue weighted by molar-refractivity contribution is 5.97. The van der Waals surface area contributed by atoms with Gasteiger partial charge >= 0.3 is 0 Å². The molecule has 0 aliphatic carbocycles. The monoisotopic (exact) mass is 412 g/mol. The zero-order chi connectivity index (χ0) is 21.2. The minimum Gasteiger partial charge on any atom is -0.352 e. The van der Waals surface area contributed by atoms with Crippen LogP contribution in [0.5, 0.6) is 0 Å². The number of aryl methyl sites for hydroxylation is 1. The van der Waals surface area contributed by atoms with E-state index in [1.807, 2.05) is 10.8 Å². The molecule has 1 fully saturated rings. The van der Waals surface area contributed by atoms with E-state index >= 15 is 0 Å². The highest BCUT2D eigenvalue weighted by Gasteiger charge is 2.13. The minimum absolute atomic E-state index is 0.0924. The Morgan fingerprint density at radius 2 is 1.93 bits per heavy atom. The number of hydrogen-bond donors (Lipinski definition) is 2. The van der Waals surface area contributed by atoms with Gasteiger partial charge in [0.25, 0.3) is 5.91 Å². The maximum atomic E-state index is 12.4. The lowest BCUT2D eigenvalue weighted by molar-refractivity contribution is -0.116. The smallest absolute Gasteiger partial charge is 0.251 e. The molecule has 2 N–H and O–H groups in total. The molecule has 8 heteroatoms. The number of rotatable bonds is 10. The van der Waals surface area contributed by atoms with Gasteiger partial charge in [-0.15, -0.1) is 0 Å². The molecule has 0 atom stereocenters. The number of carbonyl (C=O) groups excluding carboxylic acids is 2. The number of piperazine rings is 1. The number of nitrogens with one attached hydrogen (secondary N) is 2. The van der Waals surface area contributed by atoms with E-state index < -0.39 is 0 Å². The third-order valence-corrected chi connectivity index (χ3v) is 5.35. The zero-order valence-corrected chi connectivity index (χ0v) is 17.7. The molecule has 1 aromatic heterocycles. The van der Waals surface area contributed by atoms with E-state index in [4.69, 9.17) is 0 Å². The molecule has 1 aliphatic heterocycles. The molecular weight excluding hydrogens is 380 g/mol. The first-order chi connectivity index (χ1) is 14.6. The third kappa shape index (κ3) is 7.27. The van der Waals surface area contributed by atoms with Crippen molar-refractivity contribution in [2.24, 2.45) is 0 Å². The normalized spacial score (nSPS) is 15.1. The summed E-state index contributed by atoms with van der Waals surface area (Å²) in [6, 6.07) is 7.06. The van der Waals surface area contributed by atoms with Gasteiger partial charge in [-0.2, -0.15) is 0 Å². The molecule has 2 aromatic rings. The quantitative estimate of drug-likeness (QED) is 0.580. The Balaban J connectivity index is 1.35. The van der Waals surface area contributed by atoms with Crippen molar-refractivity contribution in [3.05, 3.63) is 48.5 Å². The van der Waals surface area contributed by atoms with E-state index in [2.05, 4.69) is 32.5 Å². The van der Waals surface area contributed by atoms with Crippen LogP contribution in [0.3, 0.4) is 0 Å². The maximum absolute atomic E-state index is 12.4. The van der Waals surface area contributed by atoms with E-state index in [0.29, 0.717) is 30.8 Å². The summed E-state index contributed by atoms with van der Waals surface area (Å²) in [5.74, 6) is -0.200. The van der Waals surface area contributed by atoms with Gasteiger partial charge in [-0.25, -0.2) is 4.98 Å². The molecule has 2 amide bonds. The first-order valence-corrected chi connectivity index (χ1v) is 10.6. The van der Waals surface area contributed by atoms with Crippen LogP contribution in [0, 0.1) is 0 Å². The van der Waals surface area contributed by atoms with Crippen molar-refractivity contribution in [3.63, 3.8) is 0 Å². The van der Waals surface area contributed by atoms with Gasteiger partial charge in [0.2, 0.25) is 5.91 Å². The number of likely N-dealkylation sites (N-methyl/N-ethyl adjacent to an activating group) is 1. The number of anilines is 1. The number of nitrogens with zero attached hydrogens (tertiary/aromatic N) is 4. The second-order valence-electron chi connectivity index (χ2n) is 7.79. The number of imidazole rings is 1. The van der Waals surface area contributed by atoms with Crippen LogP contribution >= 0.6 is 0 Å². The summed E-state index contributed by atoms with van der Waals surface area (Å²) in [6.07, 6.45) is 7.58. The Morgan fingerprint density at radius 1 is 1.10 bits per heavy atom. The average Bonchev–Trinajstić information content (AvgIpc) is 3.27. The number of carbonyl (C=O) groups is 2. The van der Waals surface area contributed by atoms with Crippen LogP contribution in [0.1, 0.15) is 29.6 Å². The number of amides is 2. The van der Waals surface area contributed by atoms with Gasteiger partial charge in [0.15, 0.2) is 0 Å². The Hall–Kier alpha value is -2.71. The summed E-state index contributed by atoms with van der Waals surface area (Å²) >= 11 is 0. The van der Waals surface area contributed by atoms with Crippen molar-refractivity contribution >= 4 is 17.5 Å². The second kappa shape index (κ2) is 11.5. The molecule has 1 saturated heterocycles. The fourth-order valence-electron chi connectivity index (χ4n) is 3.45. The number of aromatic nitrogens is 2.